The minimum Gasteiger partial charge on any atom is -0.324 e. The Labute approximate surface area is 80.0 Å². The van der Waals surface area contributed by atoms with Crippen LogP contribution in [0.2, 0.25) is 0 Å². The van der Waals surface area contributed by atoms with Gasteiger partial charge in [-0.15, -0.1) is 0 Å². The lowest BCUT2D eigenvalue weighted by Gasteiger charge is -2.15. The van der Waals surface area contributed by atoms with Crippen molar-refractivity contribution in [3.05, 3.63) is 35.9 Å². The summed E-state index contributed by atoms with van der Waals surface area (Å²) in [5, 5.41) is 0. The van der Waals surface area contributed by atoms with Gasteiger partial charge in [-0.3, -0.25) is 0 Å². The molecule has 1 aliphatic rings. The molecule has 1 heteroatoms. The Bertz CT molecular complexity index is 291. The molecule has 70 valence electrons. The SMILES string of the molecule is CC(C)C1(N)CC1c1ccccc1. The van der Waals surface area contributed by atoms with E-state index < -0.39 is 0 Å². The van der Waals surface area contributed by atoms with Crippen molar-refractivity contribution < 1.29 is 0 Å². The van der Waals surface area contributed by atoms with Crippen LogP contribution < -0.4 is 5.73 Å². The molecule has 0 aliphatic heterocycles. The van der Waals surface area contributed by atoms with E-state index in [4.69, 9.17) is 5.73 Å². The maximum Gasteiger partial charge on any atom is 0.0254 e. The Morgan fingerprint density at radius 2 is 1.92 bits per heavy atom. The van der Waals surface area contributed by atoms with E-state index in [2.05, 4.69) is 44.2 Å². The summed E-state index contributed by atoms with van der Waals surface area (Å²) in [4.78, 5) is 0. The average molecular weight is 175 g/mol. The van der Waals surface area contributed by atoms with Gasteiger partial charge >= 0.3 is 0 Å². The van der Waals surface area contributed by atoms with Crippen molar-refractivity contribution in [2.75, 3.05) is 0 Å². The first-order chi connectivity index (χ1) is 6.14. The van der Waals surface area contributed by atoms with Crippen LogP contribution in [0.5, 0.6) is 0 Å². The zero-order valence-electron chi connectivity index (χ0n) is 8.33. The highest BCUT2D eigenvalue weighted by Crippen LogP contribution is 2.53. The smallest absolute Gasteiger partial charge is 0.0254 e. The Kier molecular flexibility index (Phi) is 1.92. The fourth-order valence-corrected chi connectivity index (χ4v) is 2.05. The highest BCUT2D eigenvalue weighted by molar-refractivity contribution is 5.33. The molecular formula is C12H17N. The predicted molar refractivity (Wildman–Crippen MR) is 55.6 cm³/mol. The van der Waals surface area contributed by atoms with E-state index in [0.29, 0.717) is 11.8 Å². The Hall–Kier alpha value is -0.820. The molecule has 2 atom stereocenters. The molecular weight excluding hydrogens is 158 g/mol. The summed E-state index contributed by atoms with van der Waals surface area (Å²) in [6.07, 6.45) is 1.15. The van der Waals surface area contributed by atoms with Crippen LogP contribution in [0, 0.1) is 5.92 Å². The van der Waals surface area contributed by atoms with Crippen LogP contribution in [0.3, 0.4) is 0 Å². The van der Waals surface area contributed by atoms with Crippen molar-refractivity contribution in [1.29, 1.82) is 0 Å². The number of rotatable bonds is 2. The van der Waals surface area contributed by atoms with E-state index in [1.54, 1.807) is 0 Å². The lowest BCUT2D eigenvalue weighted by molar-refractivity contribution is 0.464. The molecule has 0 amide bonds. The van der Waals surface area contributed by atoms with Crippen molar-refractivity contribution in [3.63, 3.8) is 0 Å². The fourth-order valence-electron chi connectivity index (χ4n) is 2.05. The molecule has 2 rings (SSSR count). The molecule has 1 aliphatic carbocycles. The van der Waals surface area contributed by atoms with Crippen LogP contribution in [-0.4, -0.2) is 5.54 Å². The van der Waals surface area contributed by atoms with Gasteiger partial charge in [-0.2, -0.15) is 0 Å². The maximum atomic E-state index is 6.27. The van der Waals surface area contributed by atoms with E-state index in [1.807, 2.05) is 0 Å². The average Bonchev–Trinajstić information content (AvgIpc) is 2.81. The van der Waals surface area contributed by atoms with E-state index in [-0.39, 0.29) is 5.54 Å². The third-order valence-electron chi connectivity index (χ3n) is 3.32. The third kappa shape index (κ3) is 1.37. The highest BCUT2D eigenvalue weighted by atomic mass is 14.9. The summed E-state index contributed by atoms with van der Waals surface area (Å²) < 4.78 is 0. The molecule has 1 nitrogen and oxygen atoms in total. The van der Waals surface area contributed by atoms with E-state index in [9.17, 15) is 0 Å². The van der Waals surface area contributed by atoms with Gasteiger partial charge < -0.3 is 5.73 Å². The second kappa shape index (κ2) is 2.85. The molecule has 0 radical (unpaired) electrons. The monoisotopic (exact) mass is 175 g/mol. The maximum absolute atomic E-state index is 6.27. The number of benzene rings is 1. The van der Waals surface area contributed by atoms with Gasteiger partial charge in [0.1, 0.15) is 0 Å². The molecule has 0 aromatic heterocycles. The summed E-state index contributed by atoms with van der Waals surface area (Å²) in [6, 6.07) is 10.6. The molecule has 2 N–H and O–H groups in total. The summed E-state index contributed by atoms with van der Waals surface area (Å²) in [6.45, 7) is 4.42. The molecule has 1 aromatic rings. The van der Waals surface area contributed by atoms with E-state index in [1.165, 1.54) is 5.56 Å². The first kappa shape index (κ1) is 8.76. The van der Waals surface area contributed by atoms with E-state index in [0.717, 1.165) is 6.42 Å². The van der Waals surface area contributed by atoms with Crippen molar-refractivity contribution in [3.8, 4) is 0 Å². The number of nitrogens with two attached hydrogens (primary N) is 1. The normalized spacial score (nSPS) is 32.2. The molecule has 0 spiro atoms. The summed E-state index contributed by atoms with van der Waals surface area (Å²) in [5.74, 6) is 1.17. The predicted octanol–water partition coefficient (Wildman–Crippen LogP) is 2.53. The van der Waals surface area contributed by atoms with Crippen molar-refractivity contribution >= 4 is 0 Å². The van der Waals surface area contributed by atoms with Gasteiger partial charge in [-0.1, -0.05) is 44.2 Å². The lowest BCUT2D eigenvalue weighted by Crippen LogP contribution is -2.30. The number of hydrogen-bond donors (Lipinski definition) is 1. The topological polar surface area (TPSA) is 26.0 Å². The Morgan fingerprint density at radius 1 is 1.31 bits per heavy atom. The third-order valence-corrected chi connectivity index (χ3v) is 3.32. The number of hydrogen-bond acceptors (Lipinski definition) is 1. The van der Waals surface area contributed by atoms with E-state index >= 15 is 0 Å². The summed E-state index contributed by atoms with van der Waals surface area (Å²) in [5.41, 5.74) is 7.74. The second-order valence-electron chi connectivity index (χ2n) is 4.43. The lowest BCUT2D eigenvalue weighted by atomic mass is 9.97. The standard InChI is InChI=1S/C12H17N/c1-9(2)12(13)8-11(12)10-6-4-3-5-7-10/h3-7,9,11H,8,13H2,1-2H3. The van der Waals surface area contributed by atoms with Crippen LogP contribution in [0.15, 0.2) is 30.3 Å². The van der Waals surface area contributed by atoms with Crippen molar-refractivity contribution in [2.24, 2.45) is 11.7 Å². The zero-order valence-corrected chi connectivity index (χ0v) is 8.33. The van der Waals surface area contributed by atoms with Crippen molar-refractivity contribution in [2.45, 2.75) is 31.7 Å². The van der Waals surface area contributed by atoms with Gasteiger partial charge in [0.15, 0.2) is 0 Å². The summed E-state index contributed by atoms with van der Waals surface area (Å²) in [7, 11) is 0. The van der Waals surface area contributed by atoms with Gasteiger partial charge in [-0.25, -0.2) is 0 Å². The fraction of sp³-hybridized carbons (Fsp3) is 0.500. The molecule has 0 bridgehead atoms. The van der Waals surface area contributed by atoms with Crippen LogP contribution in [0.4, 0.5) is 0 Å². The van der Waals surface area contributed by atoms with Gasteiger partial charge in [-0.05, 0) is 17.9 Å². The molecule has 0 heterocycles. The van der Waals surface area contributed by atoms with Crippen LogP contribution in [0.25, 0.3) is 0 Å². The highest BCUT2D eigenvalue weighted by Gasteiger charge is 2.53. The van der Waals surface area contributed by atoms with Gasteiger partial charge in [0.2, 0.25) is 0 Å². The first-order valence-corrected chi connectivity index (χ1v) is 4.98. The van der Waals surface area contributed by atoms with Crippen LogP contribution in [-0.2, 0) is 0 Å². The van der Waals surface area contributed by atoms with Gasteiger partial charge in [0, 0.05) is 11.5 Å². The van der Waals surface area contributed by atoms with Gasteiger partial charge in [0.05, 0.1) is 0 Å². The second-order valence-corrected chi connectivity index (χ2v) is 4.43. The largest absolute Gasteiger partial charge is 0.324 e. The molecule has 2 unspecified atom stereocenters. The molecule has 13 heavy (non-hydrogen) atoms. The molecule has 0 saturated heterocycles. The van der Waals surface area contributed by atoms with Gasteiger partial charge in [0.25, 0.3) is 0 Å². The minimum absolute atomic E-state index is 0.0708. The molecule has 1 saturated carbocycles. The Morgan fingerprint density at radius 3 is 2.38 bits per heavy atom. The minimum atomic E-state index is 0.0708. The summed E-state index contributed by atoms with van der Waals surface area (Å²) >= 11 is 0. The molecule has 1 aromatic carbocycles. The zero-order chi connectivity index (χ0) is 9.47. The van der Waals surface area contributed by atoms with Crippen molar-refractivity contribution in [1.82, 2.24) is 0 Å². The quantitative estimate of drug-likeness (QED) is 0.734. The van der Waals surface area contributed by atoms with Crippen LogP contribution >= 0.6 is 0 Å². The Balaban J connectivity index is 2.16. The molecule has 1 fully saturated rings. The first-order valence-electron chi connectivity index (χ1n) is 4.98. The van der Waals surface area contributed by atoms with Crippen LogP contribution in [0.1, 0.15) is 31.7 Å².